The van der Waals surface area contributed by atoms with Gasteiger partial charge in [-0.3, -0.25) is 0 Å². The van der Waals surface area contributed by atoms with Crippen molar-refractivity contribution in [2.24, 2.45) is 11.8 Å². The second-order valence-corrected chi connectivity index (χ2v) is 3.37. The van der Waals surface area contributed by atoms with Crippen LogP contribution in [0.15, 0.2) is 0 Å². The molecule has 66 valence electrons. The fraction of sp³-hybridized carbons (Fsp3) is 1.00. The molecule has 0 saturated heterocycles. The molecule has 3 atom stereocenters. The molecular weight excluding hydrogens is 144 g/mol. The van der Waals surface area contributed by atoms with Gasteiger partial charge < -0.3 is 15.3 Å². The van der Waals surface area contributed by atoms with Crippen LogP contribution in [-0.4, -0.2) is 34.6 Å². The quantitative estimate of drug-likeness (QED) is 0.522. The molecule has 3 heteroatoms. The Balaban J connectivity index is 2.34. The molecule has 0 aliphatic heterocycles. The van der Waals surface area contributed by atoms with E-state index < -0.39 is 6.10 Å². The number of hydrogen-bond acceptors (Lipinski definition) is 3. The van der Waals surface area contributed by atoms with Crippen LogP contribution >= 0.6 is 0 Å². The summed E-state index contributed by atoms with van der Waals surface area (Å²) in [5.74, 6) is 0.283. The lowest BCUT2D eigenvalue weighted by Gasteiger charge is -2.30. The van der Waals surface area contributed by atoms with Crippen molar-refractivity contribution in [3.05, 3.63) is 0 Å². The maximum absolute atomic E-state index is 9.40. The molecule has 3 nitrogen and oxygen atoms in total. The Morgan fingerprint density at radius 3 is 2.27 bits per heavy atom. The Bertz CT molecular complexity index is 116. The smallest absolute Gasteiger partial charge is 0.0593 e. The molecule has 0 aromatic rings. The molecule has 0 radical (unpaired) electrons. The zero-order valence-electron chi connectivity index (χ0n) is 6.61. The number of aliphatic hydroxyl groups is 3. The van der Waals surface area contributed by atoms with Crippen LogP contribution in [0.5, 0.6) is 0 Å². The van der Waals surface area contributed by atoms with Crippen molar-refractivity contribution in [2.45, 2.75) is 25.4 Å². The predicted octanol–water partition coefficient (Wildman–Crippen LogP) is -0.252. The Morgan fingerprint density at radius 1 is 1.09 bits per heavy atom. The SMILES string of the molecule is OCC1CCC(CO)C(O)C1. The highest BCUT2D eigenvalue weighted by Crippen LogP contribution is 2.28. The van der Waals surface area contributed by atoms with Gasteiger partial charge in [0.25, 0.3) is 0 Å². The summed E-state index contributed by atoms with van der Waals surface area (Å²) in [4.78, 5) is 0. The van der Waals surface area contributed by atoms with Crippen LogP contribution in [0.2, 0.25) is 0 Å². The van der Waals surface area contributed by atoms with Crippen LogP contribution in [0.4, 0.5) is 0 Å². The van der Waals surface area contributed by atoms with E-state index in [9.17, 15) is 5.11 Å². The third kappa shape index (κ3) is 2.15. The van der Waals surface area contributed by atoms with Gasteiger partial charge in [0, 0.05) is 19.1 Å². The fourth-order valence-electron chi connectivity index (χ4n) is 1.67. The first-order valence-corrected chi connectivity index (χ1v) is 4.17. The van der Waals surface area contributed by atoms with E-state index in [-0.39, 0.29) is 25.0 Å². The molecule has 1 fully saturated rings. The van der Waals surface area contributed by atoms with Crippen LogP contribution in [0.25, 0.3) is 0 Å². The maximum Gasteiger partial charge on any atom is 0.0593 e. The van der Waals surface area contributed by atoms with Gasteiger partial charge in [-0.05, 0) is 25.2 Å². The molecule has 3 N–H and O–H groups in total. The molecule has 0 bridgehead atoms. The minimum absolute atomic E-state index is 0.0396. The predicted molar refractivity (Wildman–Crippen MR) is 41.0 cm³/mol. The van der Waals surface area contributed by atoms with Gasteiger partial charge in [-0.1, -0.05) is 0 Å². The van der Waals surface area contributed by atoms with E-state index in [2.05, 4.69) is 0 Å². The van der Waals surface area contributed by atoms with Gasteiger partial charge in [0.05, 0.1) is 6.10 Å². The Kier molecular flexibility index (Phi) is 3.30. The van der Waals surface area contributed by atoms with Gasteiger partial charge in [-0.25, -0.2) is 0 Å². The highest BCUT2D eigenvalue weighted by molar-refractivity contribution is 4.78. The van der Waals surface area contributed by atoms with Crippen LogP contribution in [0.1, 0.15) is 19.3 Å². The normalized spacial score (nSPS) is 39.0. The summed E-state index contributed by atoms with van der Waals surface area (Å²) >= 11 is 0. The first-order valence-electron chi connectivity index (χ1n) is 4.17. The summed E-state index contributed by atoms with van der Waals surface area (Å²) < 4.78 is 0. The van der Waals surface area contributed by atoms with E-state index in [0.717, 1.165) is 12.8 Å². The standard InChI is InChI=1S/C8H16O3/c9-4-6-1-2-7(5-10)8(11)3-6/h6-11H,1-5H2. The molecule has 0 amide bonds. The van der Waals surface area contributed by atoms with Gasteiger partial charge in [0.2, 0.25) is 0 Å². The minimum atomic E-state index is -0.411. The van der Waals surface area contributed by atoms with Crippen LogP contribution in [0.3, 0.4) is 0 Å². The Hall–Kier alpha value is -0.120. The van der Waals surface area contributed by atoms with E-state index in [0.29, 0.717) is 6.42 Å². The van der Waals surface area contributed by atoms with Gasteiger partial charge in [-0.15, -0.1) is 0 Å². The lowest BCUT2D eigenvalue weighted by atomic mass is 9.81. The summed E-state index contributed by atoms with van der Waals surface area (Å²) in [6.07, 6.45) is 1.99. The van der Waals surface area contributed by atoms with Crippen molar-refractivity contribution in [3.8, 4) is 0 Å². The number of rotatable bonds is 2. The summed E-state index contributed by atoms with van der Waals surface area (Å²) in [5.41, 5.74) is 0. The van der Waals surface area contributed by atoms with Crippen molar-refractivity contribution in [1.29, 1.82) is 0 Å². The summed E-state index contributed by atoms with van der Waals surface area (Å²) in [5, 5.41) is 27.0. The molecule has 1 aliphatic rings. The molecule has 1 saturated carbocycles. The summed E-state index contributed by atoms with van der Waals surface area (Å²) in [6, 6.07) is 0. The largest absolute Gasteiger partial charge is 0.396 e. The molecule has 0 heterocycles. The second-order valence-electron chi connectivity index (χ2n) is 3.37. The van der Waals surface area contributed by atoms with Gasteiger partial charge >= 0.3 is 0 Å². The van der Waals surface area contributed by atoms with Crippen molar-refractivity contribution in [2.75, 3.05) is 13.2 Å². The fourth-order valence-corrected chi connectivity index (χ4v) is 1.67. The van der Waals surface area contributed by atoms with Gasteiger partial charge in [0.15, 0.2) is 0 Å². The average molecular weight is 160 g/mol. The first kappa shape index (κ1) is 8.97. The van der Waals surface area contributed by atoms with Crippen molar-refractivity contribution >= 4 is 0 Å². The van der Waals surface area contributed by atoms with E-state index in [4.69, 9.17) is 10.2 Å². The van der Waals surface area contributed by atoms with E-state index >= 15 is 0 Å². The highest BCUT2D eigenvalue weighted by atomic mass is 16.3. The highest BCUT2D eigenvalue weighted by Gasteiger charge is 2.27. The lowest BCUT2D eigenvalue weighted by Crippen LogP contribution is -2.32. The first-order chi connectivity index (χ1) is 5.27. The van der Waals surface area contributed by atoms with E-state index in [1.807, 2.05) is 0 Å². The van der Waals surface area contributed by atoms with E-state index in [1.54, 1.807) is 0 Å². The monoisotopic (exact) mass is 160 g/mol. The molecule has 11 heavy (non-hydrogen) atoms. The average Bonchev–Trinajstić information content (AvgIpc) is 2.04. The van der Waals surface area contributed by atoms with Crippen LogP contribution < -0.4 is 0 Å². The van der Waals surface area contributed by atoms with Gasteiger partial charge in [-0.2, -0.15) is 0 Å². The van der Waals surface area contributed by atoms with Gasteiger partial charge in [0.1, 0.15) is 0 Å². The maximum atomic E-state index is 9.40. The summed E-state index contributed by atoms with van der Waals surface area (Å²) in [6.45, 7) is 0.231. The zero-order chi connectivity index (χ0) is 8.27. The Morgan fingerprint density at radius 2 is 1.82 bits per heavy atom. The molecule has 0 spiro atoms. The molecular formula is C8H16O3. The van der Waals surface area contributed by atoms with E-state index in [1.165, 1.54) is 0 Å². The zero-order valence-corrected chi connectivity index (χ0v) is 6.61. The molecule has 1 aliphatic carbocycles. The third-order valence-corrected chi connectivity index (χ3v) is 2.56. The number of aliphatic hydroxyl groups excluding tert-OH is 3. The molecule has 0 aromatic heterocycles. The van der Waals surface area contributed by atoms with Crippen molar-refractivity contribution < 1.29 is 15.3 Å². The van der Waals surface area contributed by atoms with Crippen LogP contribution in [-0.2, 0) is 0 Å². The van der Waals surface area contributed by atoms with Crippen LogP contribution in [0, 0.1) is 11.8 Å². The minimum Gasteiger partial charge on any atom is -0.396 e. The Labute approximate surface area is 66.7 Å². The second kappa shape index (κ2) is 4.04. The molecule has 3 unspecified atom stereocenters. The van der Waals surface area contributed by atoms with Crippen molar-refractivity contribution in [3.63, 3.8) is 0 Å². The third-order valence-electron chi connectivity index (χ3n) is 2.56. The topological polar surface area (TPSA) is 60.7 Å². The van der Waals surface area contributed by atoms with Crippen molar-refractivity contribution in [1.82, 2.24) is 0 Å². The number of hydrogen-bond donors (Lipinski definition) is 3. The lowest BCUT2D eigenvalue weighted by molar-refractivity contribution is 0.00393. The molecule has 0 aromatic carbocycles. The molecule has 1 rings (SSSR count). The summed E-state index contributed by atoms with van der Waals surface area (Å²) in [7, 11) is 0.